The lowest BCUT2D eigenvalue weighted by Crippen LogP contribution is -2.46. The van der Waals surface area contributed by atoms with Gasteiger partial charge in [0.05, 0.1) is 0 Å². The molecule has 0 heterocycles. The molecule has 10 nitrogen and oxygen atoms in total. The highest BCUT2D eigenvalue weighted by atomic mass is 16.6. The third kappa shape index (κ3) is 12.3. The molecule has 0 bridgehead atoms. The molecule has 212 valence electrons. The summed E-state index contributed by atoms with van der Waals surface area (Å²) in [5.74, 6) is -1.37. The van der Waals surface area contributed by atoms with Gasteiger partial charge in [-0.25, -0.2) is 14.4 Å². The van der Waals surface area contributed by atoms with Crippen LogP contribution in [0, 0.1) is 5.92 Å². The molecule has 0 aliphatic rings. The number of rotatable bonds is 12. The number of carboxylic acids is 1. The minimum absolute atomic E-state index is 0.0821. The molecule has 10 heteroatoms. The Morgan fingerprint density at radius 1 is 0.846 bits per heavy atom. The molecule has 0 aromatic heterocycles. The summed E-state index contributed by atoms with van der Waals surface area (Å²) in [6.45, 7) is 9.05. The number of benzene rings is 2. The van der Waals surface area contributed by atoms with E-state index in [1.807, 2.05) is 44.2 Å². The molecule has 2 rings (SSSR count). The second-order valence-corrected chi connectivity index (χ2v) is 10.7. The van der Waals surface area contributed by atoms with Crippen molar-refractivity contribution in [3.63, 3.8) is 0 Å². The Labute approximate surface area is 229 Å². The number of hydrogen-bond acceptors (Lipinski definition) is 6. The molecule has 0 aliphatic carbocycles. The minimum Gasteiger partial charge on any atom is -0.480 e. The van der Waals surface area contributed by atoms with E-state index in [2.05, 4.69) is 16.0 Å². The third-order valence-electron chi connectivity index (χ3n) is 5.46. The van der Waals surface area contributed by atoms with Crippen LogP contribution >= 0.6 is 0 Å². The van der Waals surface area contributed by atoms with Crippen molar-refractivity contribution < 1.29 is 33.8 Å². The highest BCUT2D eigenvalue weighted by molar-refractivity contribution is 5.96. The number of amides is 3. The zero-order chi connectivity index (χ0) is 29.0. The highest BCUT2D eigenvalue weighted by Crippen LogP contribution is 2.14. The Kier molecular flexibility index (Phi) is 11.8. The second kappa shape index (κ2) is 14.8. The number of nitrogens with one attached hydrogen (secondary N) is 3. The lowest BCUT2D eigenvalue weighted by atomic mass is 10.0. The molecule has 3 amide bonds. The second-order valence-electron chi connectivity index (χ2n) is 10.7. The van der Waals surface area contributed by atoms with Gasteiger partial charge in [-0.2, -0.15) is 0 Å². The number of aliphatic carboxylic acids is 1. The summed E-state index contributed by atoms with van der Waals surface area (Å²) in [7, 11) is 0. The average molecular weight is 542 g/mol. The number of alkyl carbamates (subject to hydrolysis) is 2. The van der Waals surface area contributed by atoms with Crippen LogP contribution in [0.15, 0.2) is 54.6 Å². The number of aryl methyl sites for hydroxylation is 1. The number of carbonyl (C=O) groups is 4. The Morgan fingerprint density at radius 3 is 2.03 bits per heavy atom. The maximum absolute atomic E-state index is 12.8. The quantitative estimate of drug-likeness (QED) is 0.300. The smallest absolute Gasteiger partial charge is 0.408 e. The van der Waals surface area contributed by atoms with E-state index in [0.29, 0.717) is 24.1 Å². The van der Waals surface area contributed by atoms with Crippen LogP contribution in [0.2, 0.25) is 0 Å². The standard InChI is InChI=1S/C29H39N3O7/c1-19(2)17-24(32-28(37)39-29(3,4)5)25(33)30-22-14-11-21(12-15-22)18-38-27(36)31-23(26(34)35)16-13-20-9-7-6-8-10-20/h6-12,14-15,19,23-24H,13,16-18H2,1-5H3,(H,30,33)(H,31,36)(H,32,37)(H,34,35)/t23-,24-/m0/s1. The molecule has 0 spiro atoms. The van der Waals surface area contributed by atoms with Crippen LogP contribution in [0.25, 0.3) is 0 Å². The van der Waals surface area contributed by atoms with E-state index < -0.39 is 35.8 Å². The van der Waals surface area contributed by atoms with Gasteiger partial charge >= 0.3 is 18.2 Å². The Hall–Kier alpha value is -4.08. The van der Waals surface area contributed by atoms with Crippen LogP contribution in [0.1, 0.15) is 58.6 Å². The van der Waals surface area contributed by atoms with E-state index in [1.165, 1.54) is 0 Å². The van der Waals surface area contributed by atoms with Crippen LogP contribution in [0.3, 0.4) is 0 Å². The van der Waals surface area contributed by atoms with Gasteiger partial charge in [0.2, 0.25) is 5.91 Å². The fourth-order valence-corrected chi connectivity index (χ4v) is 3.61. The Morgan fingerprint density at radius 2 is 1.46 bits per heavy atom. The van der Waals surface area contributed by atoms with Gasteiger partial charge in [0.15, 0.2) is 0 Å². The van der Waals surface area contributed by atoms with Crippen molar-refractivity contribution in [1.29, 1.82) is 0 Å². The number of ether oxygens (including phenoxy) is 2. The van der Waals surface area contributed by atoms with E-state index in [9.17, 15) is 24.3 Å². The van der Waals surface area contributed by atoms with Gasteiger partial charge in [-0.3, -0.25) is 4.79 Å². The topological polar surface area (TPSA) is 143 Å². The molecule has 0 radical (unpaired) electrons. The summed E-state index contributed by atoms with van der Waals surface area (Å²) in [5.41, 5.74) is 1.43. The Balaban J connectivity index is 1.87. The summed E-state index contributed by atoms with van der Waals surface area (Å²) >= 11 is 0. The maximum Gasteiger partial charge on any atom is 0.408 e. The predicted octanol–water partition coefficient (Wildman–Crippen LogP) is 4.88. The molecule has 39 heavy (non-hydrogen) atoms. The summed E-state index contributed by atoms with van der Waals surface area (Å²) in [6, 6.07) is 14.2. The van der Waals surface area contributed by atoms with Gasteiger partial charge in [-0.05, 0) is 69.2 Å². The first-order valence-electron chi connectivity index (χ1n) is 12.9. The SMILES string of the molecule is CC(C)C[C@H](NC(=O)OC(C)(C)C)C(=O)Nc1ccc(COC(=O)N[C@@H](CCc2ccccc2)C(=O)O)cc1. The van der Waals surface area contributed by atoms with Crippen molar-refractivity contribution in [3.05, 3.63) is 65.7 Å². The maximum atomic E-state index is 12.8. The van der Waals surface area contributed by atoms with Crippen LogP contribution < -0.4 is 16.0 Å². The first kappa shape index (κ1) is 31.1. The molecule has 0 saturated carbocycles. The summed E-state index contributed by atoms with van der Waals surface area (Å²) < 4.78 is 10.5. The first-order valence-corrected chi connectivity index (χ1v) is 12.9. The molecule has 0 unspecified atom stereocenters. The van der Waals surface area contributed by atoms with Crippen molar-refractivity contribution in [2.24, 2.45) is 5.92 Å². The van der Waals surface area contributed by atoms with E-state index in [1.54, 1.807) is 45.0 Å². The van der Waals surface area contributed by atoms with Gasteiger partial charge in [-0.1, -0.05) is 56.3 Å². The van der Waals surface area contributed by atoms with Crippen molar-refractivity contribution >= 4 is 29.8 Å². The van der Waals surface area contributed by atoms with Crippen molar-refractivity contribution in [3.8, 4) is 0 Å². The molecule has 0 aliphatic heterocycles. The minimum atomic E-state index is -1.14. The third-order valence-corrected chi connectivity index (χ3v) is 5.46. The van der Waals surface area contributed by atoms with E-state index in [-0.39, 0.29) is 24.9 Å². The van der Waals surface area contributed by atoms with E-state index >= 15 is 0 Å². The van der Waals surface area contributed by atoms with Crippen LogP contribution in [0.5, 0.6) is 0 Å². The number of carbonyl (C=O) groups excluding carboxylic acids is 3. The molecule has 2 atom stereocenters. The largest absolute Gasteiger partial charge is 0.480 e. The molecule has 0 saturated heterocycles. The number of hydrogen-bond donors (Lipinski definition) is 4. The van der Waals surface area contributed by atoms with Gasteiger partial charge in [0, 0.05) is 5.69 Å². The van der Waals surface area contributed by atoms with Gasteiger partial charge in [0.1, 0.15) is 24.3 Å². The van der Waals surface area contributed by atoms with Crippen molar-refractivity contribution in [1.82, 2.24) is 10.6 Å². The van der Waals surface area contributed by atoms with E-state index in [4.69, 9.17) is 9.47 Å². The molecular formula is C29H39N3O7. The zero-order valence-corrected chi connectivity index (χ0v) is 23.2. The van der Waals surface area contributed by atoms with Gasteiger partial charge in [0.25, 0.3) is 0 Å². The molecular weight excluding hydrogens is 502 g/mol. The molecule has 4 N–H and O–H groups in total. The van der Waals surface area contributed by atoms with E-state index in [0.717, 1.165) is 5.56 Å². The van der Waals surface area contributed by atoms with Crippen LogP contribution in [0.4, 0.5) is 15.3 Å². The Bertz CT molecular complexity index is 1100. The number of anilines is 1. The predicted molar refractivity (Wildman–Crippen MR) is 147 cm³/mol. The van der Waals surface area contributed by atoms with Crippen LogP contribution in [-0.4, -0.2) is 46.9 Å². The summed E-state index contributed by atoms with van der Waals surface area (Å²) in [5, 5.41) is 17.2. The lowest BCUT2D eigenvalue weighted by Gasteiger charge is -2.24. The fraction of sp³-hybridized carbons (Fsp3) is 0.448. The molecule has 2 aromatic rings. The van der Waals surface area contributed by atoms with Crippen LogP contribution in [-0.2, 0) is 32.1 Å². The van der Waals surface area contributed by atoms with Crippen molar-refractivity contribution in [2.75, 3.05) is 5.32 Å². The first-order chi connectivity index (χ1) is 18.3. The lowest BCUT2D eigenvalue weighted by molar-refractivity contribution is -0.139. The monoisotopic (exact) mass is 541 g/mol. The van der Waals surface area contributed by atoms with Gasteiger partial charge in [-0.15, -0.1) is 0 Å². The zero-order valence-electron chi connectivity index (χ0n) is 23.2. The number of carboxylic acid groups (broad SMARTS) is 1. The van der Waals surface area contributed by atoms with Gasteiger partial charge < -0.3 is 30.5 Å². The molecule has 2 aromatic carbocycles. The normalized spacial score (nSPS) is 12.7. The van der Waals surface area contributed by atoms with Crippen molar-refractivity contribution in [2.45, 2.75) is 78.2 Å². The highest BCUT2D eigenvalue weighted by Gasteiger charge is 2.25. The molecule has 0 fully saturated rings. The summed E-state index contributed by atoms with van der Waals surface area (Å²) in [6.07, 6.45) is -0.355. The fourth-order valence-electron chi connectivity index (χ4n) is 3.61. The average Bonchev–Trinajstić information content (AvgIpc) is 2.84. The summed E-state index contributed by atoms with van der Waals surface area (Å²) in [4.78, 5) is 48.8.